The molecule has 2 aromatic carbocycles. The normalized spacial score (nSPS) is 18.8. The van der Waals surface area contributed by atoms with E-state index in [1.54, 1.807) is 20.3 Å². The molecule has 1 amide bonds. The first-order valence-electron chi connectivity index (χ1n) is 11.3. The molecule has 1 saturated heterocycles. The molecule has 2 atom stereocenters. The lowest BCUT2D eigenvalue weighted by molar-refractivity contribution is -0.137. The summed E-state index contributed by atoms with van der Waals surface area (Å²) in [6, 6.07) is 10.5. The number of hydrogen-bond donors (Lipinski definition) is 2. The molecule has 2 aromatic rings. The topological polar surface area (TPSA) is 62.8 Å². The van der Waals surface area contributed by atoms with E-state index in [4.69, 9.17) is 9.47 Å². The van der Waals surface area contributed by atoms with Crippen LogP contribution in [-0.4, -0.2) is 49.7 Å². The Labute approximate surface area is 198 Å². The first kappa shape index (κ1) is 25.8. The lowest BCUT2D eigenvalue weighted by atomic mass is 10.1. The van der Waals surface area contributed by atoms with Crippen molar-refractivity contribution < 1.29 is 27.4 Å². The summed E-state index contributed by atoms with van der Waals surface area (Å²) >= 11 is 0. The molecule has 0 saturated carbocycles. The summed E-state index contributed by atoms with van der Waals surface area (Å²) in [5.41, 5.74) is 0.771. The first-order chi connectivity index (χ1) is 16.1. The van der Waals surface area contributed by atoms with Gasteiger partial charge in [-0.25, -0.2) is 0 Å². The van der Waals surface area contributed by atoms with Gasteiger partial charge >= 0.3 is 6.18 Å². The number of likely N-dealkylation sites (tertiary alicyclic amines) is 1. The van der Waals surface area contributed by atoms with Gasteiger partial charge in [0.05, 0.1) is 25.8 Å². The predicted octanol–water partition coefficient (Wildman–Crippen LogP) is 3.98. The number of carbonyl (C=O) groups is 1. The fourth-order valence-electron chi connectivity index (χ4n) is 4.30. The molecular formula is C25H32F3N3O3. The van der Waals surface area contributed by atoms with Crippen LogP contribution in [0.5, 0.6) is 11.5 Å². The van der Waals surface area contributed by atoms with Gasteiger partial charge in [0.15, 0.2) is 11.5 Å². The van der Waals surface area contributed by atoms with Crippen molar-refractivity contribution in [1.29, 1.82) is 0 Å². The maximum absolute atomic E-state index is 13.0. The van der Waals surface area contributed by atoms with Crippen LogP contribution in [0, 0.1) is 0 Å². The minimum Gasteiger partial charge on any atom is -0.493 e. The SMILES string of the molecule is COc1cccc(CN2C[C@H](NCc3cccc(C(F)(F)F)c3)C[C@H]2C(=O)NC(C)C)c1OC. The van der Waals surface area contributed by atoms with Crippen LogP contribution in [0.15, 0.2) is 42.5 Å². The van der Waals surface area contributed by atoms with E-state index < -0.39 is 11.7 Å². The highest BCUT2D eigenvalue weighted by molar-refractivity contribution is 5.82. The Morgan fingerprint density at radius 1 is 1.15 bits per heavy atom. The average molecular weight is 480 g/mol. The molecule has 1 aliphatic rings. The number of nitrogens with one attached hydrogen (secondary N) is 2. The van der Waals surface area contributed by atoms with Gasteiger partial charge in [0.2, 0.25) is 5.91 Å². The molecule has 0 aliphatic carbocycles. The third-order valence-corrected chi connectivity index (χ3v) is 5.84. The van der Waals surface area contributed by atoms with Gasteiger partial charge in [0.25, 0.3) is 0 Å². The van der Waals surface area contributed by atoms with Crippen LogP contribution in [0.2, 0.25) is 0 Å². The van der Waals surface area contributed by atoms with E-state index in [9.17, 15) is 18.0 Å². The van der Waals surface area contributed by atoms with E-state index in [-0.39, 0.29) is 30.6 Å². The second-order valence-electron chi connectivity index (χ2n) is 8.77. The zero-order valence-corrected chi connectivity index (χ0v) is 19.9. The van der Waals surface area contributed by atoms with E-state index in [2.05, 4.69) is 15.5 Å². The van der Waals surface area contributed by atoms with Crippen LogP contribution in [0.25, 0.3) is 0 Å². The molecule has 34 heavy (non-hydrogen) atoms. The predicted molar refractivity (Wildman–Crippen MR) is 124 cm³/mol. The van der Waals surface area contributed by atoms with Crippen LogP contribution < -0.4 is 20.1 Å². The maximum Gasteiger partial charge on any atom is 0.416 e. The summed E-state index contributed by atoms with van der Waals surface area (Å²) in [6.07, 6.45) is -3.83. The van der Waals surface area contributed by atoms with Crippen molar-refractivity contribution in [2.75, 3.05) is 20.8 Å². The molecule has 1 aliphatic heterocycles. The molecule has 1 heterocycles. The van der Waals surface area contributed by atoms with Gasteiger partial charge in [-0.1, -0.05) is 30.3 Å². The Morgan fingerprint density at radius 3 is 2.53 bits per heavy atom. The number of alkyl halides is 3. The molecule has 0 spiro atoms. The second kappa shape index (κ2) is 11.1. The number of benzene rings is 2. The summed E-state index contributed by atoms with van der Waals surface area (Å²) in [5, 5.41) is 6.32. The summed E-state index contributed by atoms with van der Waals surface area (Å²) in [7, 11) is 3.15. The van der Waals surface area contributed by atoms with Crippen molar-refractivity contribution >= 4 is 5.91 Å². The van der Waals surface area contributed by atoms with Crippen molar-refractivity contribution in [2.45, 2.75) is 57.7 Å². The number of para-hydroxylation sites is 1. The van der Waals surface area contributed by atoms with Gasteiger partial charge in [-0.2, -0.15) is 13.2 Å². The minimum absolute atomic E-state index is 0.00202. The molecule has 0 radical (unpaired) electrons. The standard InChI is InChI=1S/C25H32F3N3O3/c1-16(2)30-24(32)21-12-20(29-13-17-7-5-9-19(11-17)25(26,27)28)15-31(21)14-18-8-6-10-22(33-3)23(18)34-4/h5-11,16,20-21,29H,12-15H2,1-4H3,(H,30,32)/t20-,21+/m1/s1. The number of carbonyl (C=O) groups excluding carboxylic acids is 1. The largest absolute Gasteiger partial charge is 0.493 e. The molecule has 0 unspecified atom stereocenters. The number of rotatable bonds is 9. The summed E-state index contributed by atoms with van der Waals surface area (Å²) in [6.45, 7) is 5.13. The van der Waals surface area contributed by atoms with Crippen LogP contribution in [0.1, 0.15) is 37.0 Å². The summed E-state index contributed by atoms with van der Waals surface area (Å²) in [4.78, 5) is 15.0. The van der Waals surface area contributed by atoms with Gasteiger partial charge < -0.3 is 20.1 Å². The van der Waals surface area contributed by atoms with Gasteiger partial charge in [-0.15, -0.1) is 0 Å². The number of nitrogens with zero attached hydrogens (tertiary/aromatic N) is 1. The van der Waals surface area contributed by atoms with E-state index in [0.717, 1.165) is 17.7 Å². The molecule has 0 bridgehead atoms. The van der Waals surface area contributed by atoms with Gasteiger partial charge in [-0.3, -0.25) is 9.69 Å². The van der Waals surface area contributed by atoms with Gasteiger partial charge in [-0.05, 0) is 38.0 Å². The summed E-state index contributed by atoms with van der Waals surface area (Å²) in [5.74, 6) is 1.16. The number of halogens is 3. The lowest BCUT2D eigenvalue weighted by Gasteiger charge is -2.25. The highest BCUT2D eigenvalue weighted by Crippen LogP contribution is 2.33. The first-order valence-corrected chi connectivity index (χ1v) is 11.3. The van der Waals surface area contributed by atoms with E-state index in [1.807, 2.05) is 32.0 Å². The highest BCUT2D eigenvalue weighted by Gasteiger charge is 2.37. The van der Waals surface area contributed by atoms with Gasteiger partial charge in [0, 0.05) is 37.3 Å². The van der Waals surface area contributed by atoms with Crippen LogP contribution in [0.4, 0.5) is 13.2 Å². The Kier molecular flexibility index (Phi) is 8.43. The number of amides is 1. The second-order valence-corrected chi connectivity index (χ2v) is 8.77. The lowest BCUT2D eigenvalue weighted by Crippen LogP contribution is -2.45. The number of ether oxygens (including phenoxy) is 2. The molecule has 9 heteroatoms. The van der Waals surface area contributed by atoms with Crippen LogP contribution in [0.3, 0.4) is 0 Å². The molecule has 2 N–H and O–H groups in total. The Balaban J connectivity index is 1.75. The van der Waals surface area contributed by atoms with Crippen molar-refractivity contribution in [3.05, 3.63) is 59.2 Å². The smallest absolute Gasteiger partial charge is 0.416 e. The van der Waals surface area contributed by atoms with Crippen molar-refractivity contribution in [1.82, 2.24) is 15.5 Å². The Bertz CT molecular complexity index is 981. The molecule has 1 fully saturated rings. The fourth-order valence-corrected chi connectivity index (χ4v) is 4.30. The number of hydrogen-bond acceptors (Lipinski definition) is 5. The molecule has 6 nitrogen and oxygen atoms in total. The fraction of sp³-hybridized carbons (Fsp3) is 0.480. The zero-order chi connectivity index (χ0) is 24.9. The average Bonchev–Trinajstić information content (AvgIpc) is 3.19. The molecule has 186 valence electrons. The maximum atomic E-state index is 13.0. The van der Waals surface area contributed by atoms with E-state index >= 15 is 0 Å². The third kappa shape index (κ3) is 6.42. The highest BCUT2D eigenvalue weighted by atomic mass is 19.4. The molecular weight excluding hydrogens is 447 g/mol. The Hall–Kier alpha value is -2.78. The Morgan fingerprint density at radius 2 is 1.88 bits per heavy atom. The van der Waals surface area contributed by atoms with Gasteiger partial charge in [0.1, 0.15) is 0 Å². The van der Waals surface area contributed by atoms with Crippen molar-refractivity contribution in [3.63, 3.8) is 0 Å². The molecule has 0 aromatic heterocycles. The quantitative estimate of drug-likeness (QED) is 0.570. The van der Waals surface area contributed by atoms with E-state index in [1.165, 1.54) is 6.07 Å². The van der Waals surface area contributed by atoms with Crippen LogP contribution in [-0.2, 0) is 24.1 Å². The van der Waals surface area contributed by atoms with Crippen LogP contribution >= 0.6 is 0 Å². The molecule has 3 rings (SSSR count). The van der Waals surface area contributed by atoms with Crippen molar-refractivity contribution in [2.24, 2.45) is 0 Å². The zero-order valence-electron chi connectivity index (χ0n) is 19.9. The summed E-state index contributed by atoms with van der Waals surface area (Å²) < 4.78 is 50.1. The number of methoxy groups -OCH3 is 2. The third-order valence-electron chi connectivity index (χ3n) is 5.84. The monoisotopic (exact) mass is 479 g/mol. The van der Waals surface area contributed by atoms with Crippen molar-refractivity contribution in [3.8, 4) is 11.5 Å². The van der Waals surface area contributed by atoms with E-state index in [0.29, 0.717) is 36.6 Å². The minimum atomic E-state index is -4.38.